The van der Waals surface area contributed by atoms with Gasteiger partial charge in [0, 0.05) is 22.3 Å². The highest BCUT2D eigenvalue weighted by atomic mass is 35.5. The van der Waals surface area contributed by atoms with E-state index in [2.05, 4.69) is 5.32 Å². The first-order chi connectivity index (χ1) is 11.3. The second-order valence-corrected chi connectivity index (χ2v) is 7.42. The van der Waals surface area contributed by atoms with Crippen molar-refractivity contribution in [2.24, 2.45) is 0 Å². The van der Waals surface area contributed by atoms with Crippen molar-refractivity contribution in [3.63, 3.8) is 0 Å². The molecule has 1 aromatic heterocycles. The van der Waals surface area contributed by atoms with Crippen LogP contribution in [0.25, 0.3) is 10.9 Å². The van der Waals surface area contributed by atoms with Gasteiger partial charge >= 0.3 is 0 Å². The van der Waals surface area contributed by atoms with Crippen LogP contribution in [0.3, 0.4) is 0 Å². The lowest BCUT2D eigenvalue weighted by molar-refractivity contribution is -0.124. The highest BCUT2D eigenvalue weighted by molar-refractivity contribution is 6.30. The van der Waals surface area contributed by atoms with E-state index >= 15 is 0 Å². The third-order valence-corrected chi connectivity index (χ3v) is 4.05. The van der Waals surface area contributed by atoms with Crippen LogP contribution in [0.15, 0.2) is 60.8 Å². The van der Waals surface area contributed by atoms with Crippen LogP contribution in [0.2, 0.25) is 5.02 Å². The molecule has 2 aromatic carbocycles. The van der Waals surface area contributed by atoms with Crippen LogP contribution in [0, 0.1) is 0 Å². The third kappa shape index (κ3) is 3.46. The third-order valence-electron chi connectivity index (χ3n) is 3.82. The van der Waals surface area contributed by atoms with Gasteiger partial charge in [-0.2, -0.15) is 0 Å². The fourth-order valence-electron chi connectivity index (χ4n) is 2.88. The summed E-state index contributed by atoms with van der Waals surface area (Å²) in [6, 6.07) is 17.1. The molecule has 0 aliphatic heterocycles. The van der Waals surface area contributed by atoms with Gasteiger partial charge in [-0.1, -0.05) is 41.9 Å². The number of carbonyl (C=O) groups excluding carboxylic acids is 1. The highest BCUT2D eigenvalue weighted by Gasteiger charge is 2.27. The number of benzene rings is 2. The number of nitrogens with one attached hydrogen (secondary N) is 1. The van der Waals surface area contributed by atoms with E-state index < -0.39 is 6.04 Å². The molecule has 0 saturated carbocycles. The maximum atomic E-state index is 13.0. The van der Waals surface area contributed by atoms with Crippen LogP contribution in [-0.4, -0.2) is 16.0 Å². The Balaban J connectivity index is 2.13. The summed E-state index contributed by atoms with van der Waals surface area (Å²) < 4.78 is 2.00. The summed E-state index contributed by atoms with van der Waals surface area (Å²) in [6.07, 6.45) is 1.96. The van der Waals surface area contributed by atoms with Gasteiger partial charge < -0.3 is 9.88 Å². The monoisotopic (exact) mass is 340 g/mol. The van der Waals surface area contributed by atoms with E-state index in [9.17, 15) is 4.79 Å². The Labute approximate surface area is 147 Å². The van der Waals surface area contributed by atoms with E-state index in [1.807, 2.05) is 86.1 Å². The quantitative estimate of drug-likeness (QED) is 0.730. The molecular weight excluding hydrogens is 320 g/mol. The number of fused-ring (bicyclic) bond motifs is 1. The van der Waals surface area contributed by atoms with Gasteiger partial charge in [-0.05, 0) is 56.0 Å². The van der Waals surface area contributed by atoms with E-state index in [1.54, 1.807) is 0 Å². The van der Waals surface area contributed by atoms with E-state index in [4.69, 9.17) is 11.6 Å². The summed E-state index contributed by atoms with van der Waals surface area (Å²) in [7, 11) is 0. The number of para-hydroxylation sites is 1. The Morgan fingerprint density at radius 1 is 1.08 bits per heavy atom. The Bertz CT molecular complexity index is 876. The molecule has 124 valence electrons. The van der Waals surface area contributed by atoms with Crippen molar-refractivity contribution in [2.75, 3.05) is 0 Å². The van der Waals surface area contributed by atoms with E-state index in [-0.39, 0.29) is 11.4 Å². The number of aromatic nitrogens is 1. The first kappa shape index (κ1) is 16.6. The van der Waals surface area contributed by atoms with E-state index in [0.717, 1.165) is 16.5 Å². The van der Waals surface area contributed by atoms with E-state index in [0.29, 0.717) is 5.02 Å². The Hall–Kier alpha value is -2.26. The van der Waals surface area contributed by atoms with Crippen molar-refractivity contribution in [2.45, 2.75) is 32.4 Å². The zero-order valence-electron chi connectivity index (χ0n) is 14.1. The Morgan fingerprint density at radius 2 is 1.83 bits per heavy atom. The van der Waals surface area contributed by atoms with E-state index in [1.165, 1.54) is 0 Å². The molecule has 0 saturated heterocycles. The van der Waals surface area contributed by atoms with Crippen molar-refractivity contribution in [3.8, 4) is 0 Å². The average Bonchev–Trinajstić information content (AvgIpc) is 2.90. The fraction of sp³-hybridized carbons (Fsp3) is 0.250. The summed E-state index contributed by atoms with van der Waals surface area (Å²) in [6.45, 7) is 5.94. The largest absolute Gasteiger partial charge is 0.349 e. The number of hydrogen-bond acceptors (Lipinski definition) is 1. The van der Waals surface area contributed by atoms with Crippen molar-refractivity contribution in [1.82, 2.24) is 9.88 Å². The smallest absolute Gasteiger partial charge is 0.248 e. The highest BCUT2D eigenvalue weighted by Crippen LogP contribution is 2.27. The number of halogens is 1. The summed E-state index contributed by atoms with van der Waals surface area (Å²) >= 11 is 6.17. The number of amides is 1. The van der Waals surface area contributed by atoms with Crippen LogP contribution in [0.1, 0.15) is 32.4 Å². The average molecular weight is 341 g/mol. The molecule has 0 radical (unpaired) electrons. The maximum absolute atomic E-state index is 13.0. The molecule has 0 aliphatic carbocycles. The summed E-state index contributed by atoms with van der Waals surface area (Å²) in [5.41, 5.74) is 1.58. The normalized spacial score (nSPS) is 13.0. The molecule has 4 heteroatoms. The lowest BCUT2D eigenvalue weighted by atomic mass is 10.0. The van der Waals surface area contributed by atoms with Crippen molar-refractivity contribution in [3.05, 3.63) is 71.4 Å². The predicted molar refractivity (Wildman–Crippen MR) is 99.4 cm³/mol. The molecule has 1 unspecified atom stereocenters. The molecule has 0 fully saturated rings. The standard InChI is InChI=1S/C20H21ClN2O/c1-20(2,3)22-19(24)18(15-8-6-9-16(21)13-15)23-12-11-14-7-4-5-10-17(14)23/h4-13,18H,1-3H3,(H,22,24). The second-order valence-electron chi connectivity index (χ2n) is 6.98. The van der Waals surface area contributed by atoms with Crippen LogP contribution < -0.4 is 5.32 Å². The molecule has 0 bridgehead atoms. The molecule has 3 rings (SSSR count). The van der Waals surface area contributed by atoms with Crippen molar-refractivity contribution < 1.29 is 4.79 Å². The number of rotatable bonds is 3. The van der Waals surface area contributed by atoms with Crippen LogP contribution >= 0.6 is 11.6 Å². The molecule has 3 nitrogen and oxygen atoms in total. The van der Waals surface area contributed by atoms with Gasteiger partial charge in [0.15, 0.2) is 0 Å². The number of carbonyl (C=O) groups is 1. The Kier molecular flexibility index (Phi) is 4.37. The number of nitrogens with zero attached hydrogens (tertiary/aromatic N) is 1. The Morgan fingerprint density at radius 3 is 2.54 bits per heavy atom. The predicted octanol–water partition coefficient (Wildman–Crippen LogP) is 4.80. The van der Waals surface area contributed by atoms with Crippen molar-refractivity contribution >= 4 is 28.4 Å². The van der Waals surface area contributed by atoms with Gasteiger partial charge in [0.05, 0.1) is 0 Å². The zero-order chi connectivity index (χ0) is 17.3. The topological polar surface area (TPSA) is 34.0 Å². The lowest BCUT2D eigenvalue weighted by Gasteiger charge is -2.26. The summed E-state index contributed by atoms with van der Waals surface area (Å²) in [5.74, 6) is -0.0499. The first-order valence-electron chi connectivity index (χ1n) is 7.98. The summed E-state index contributed by atoms with van der Waals surface area (Å²) in [4.78, 5) is 13.0. The maximum Gasteiger partial charge on any atom is 0.248 e. The minimum atomic E-state index is -0.470. The van der Waals surface area contributed by atoms with Gasteiger partial charge in [-0.3, -0.25) is 4.79 Å². The van der Waals surface area contributed by atoms with Gasteiger partial charge in [0.25, 0.3) is 0 Å². The molecule has 1 heterocycles. The molecule has 24 heavy (non-hydrogen) atoms. The van der Waals surface area contributed by atoms with Gasteiger partial charge in [0.2, 0.25) is 5.91 Å². The lowest BCUT2D eigenvalue weighted by Crippen LogP contribution is -2.44. The molecule has 0 aliphatic rings. The minimum absolute atomic E-state index is 0.0499. The molecule has 1 atom stereocenters. The molecule has 3 aromatic rings. The zero-order valence-corrected chi connectivity index (χ0v) is 14.8. The van der Waals surface area contributed by atoms with Crippen LogP contribution in [-0.2, 0) is 4.79 Å². The van der Waals surface area contributed by atoms with Crippen LogP contribution in [0.4, 0.5) is 0 Å². The fourth-order valence-corrected chi connectivity index (χ4v) is 3.08. The number of hydrogen-bond donors (Lipinski definition) is 1. The molecular formula is C20H21ClN2O. The SMILES string of the molecule is CC(C)(C)NC(=O)C(c1cccc(Cl)c1)n1ccc2ccccc21. The van der Waals surface area contributed by atoms with Gasteiger partial charge in [0.1, 0.15) is 6.04 Å². The van der Waals surface area contributed by atoms with Crippen molar-refractivity contribution in [1.29, 1.82) is 0 Å². The minimum Gasteiger partial charge on any atom is -0.349 e. The molecule has 1 N–H and O–H groups in total. The van der Waals surface area contributed by atoms with Gasteiger partial charge in [-0.15, -0.1) is 0 Å². The second kappa shape index (κ2) is 6.33. The first-order valence-corrected chi connectivity index (χ1v) is 8.36. The molecule has 1 amide bonds. The molecule has 0 spiro atoms. The van der Waals surface area contributed by atoms with Gasteiger partial charge in [-0.25, -0.2) is 0 Å². The summed E-state index contributed by atoms with van der Waals surface area (Å²) in [5, 5.41) is 4.81. The van der Waals surface area contributed by atoms with Crippen LogP contribution in [0.5, 0.6) is 0 Å².